The first-order valence-electron chi connectivity index (χ1n) is 7.09. The van der Waals surface area contributed by atoms with Crippen LogP contribution in [-0.2, 0) is 9.59 Å². The minimum absolute atomic E-state index is 0.000972. The number of piperidine rings is 1. The molecule has 1 N–H and O–H groups in total. The van der Waals surface area contributed by atoms with E-state index >= 15 is 0 Å². The van der Waals surface area contributed by atoms with Gasteiger partial charge in [0.15, 0.2) is 0 Å². The fourth-order valence-corrected chi connectivity index (χ4v) is 4.06. The summed E-state index contributed by atoms with van der Waals surface area (Å²) < 4.78 is 0. The van der Waals surface area contributed by atoms with Gasteiger partial charge >= 0.3 is 0 Å². The Morgan fingerprint density at radius 3 is 2.67 bits per heavy atom. The molecule has 1 spiro atoms. The molecule has 3 fully saturated rings. The van der Waals surface area contributed by atoms with Gasteiger partial charge in [0.2, 0.25) is 11.8 Å². The maximum atomic E-state index is 12.1. The summed E-state index contributed by atoms with van der Waals surface area (Å²) in [6.07, 6.45) is 4.13. The molecular weight excluding hydrogens is 228 g/mol. The van der Waals surface area contributed by atoms with Crippen LogP contribution in [0.3, 0.4) is 0 Å². The summed E-state index contributed by atoms with van der Waals surface area (Å²) in [5.41, 5.74) is -0.0871. The standard InChI is InChI=1S/C14H22N2O2/c1-9(2)12-13(18)15-11(17)7-14(12)5-6-16(8-14)10-3-4-10/h9-10,12H,3-8H2,1-2H3,(H,15,17,18). The van der Waals surface area contributed by atoms with Crippen LogP contribution in [0.2, 0.25) is 0 Å². The summed E-state index contributed by atoms with van der Waals surface area (Å²) in [4.78, 5) is 26.4. The van der Waals surface area contributed by atoms with E-state index in [1.54, 1.807) is 0 Å². The smallest absolute Gasteiger partial charge is 0.230 e. The molecule has 0 radical (unpaired) electrons. The Hall–Kier alpha value is -0.900. The molecule has 2 aliphatic heterocycles. The van der Waals surface area contributed by atoms with Crippen LogP contribution in [0.1, 0.15) is 39.5 Å². The SMILES string of the molecule is CC(C)C1C(=O)NC(=O)CC12CCN(C1CC1)C2. The highest BCUT2D eigenvalue weighted by atomic mass is 16.2. The molecule has 100 valence electrons. The largest absolute Gasteiger partial charge is 0.300 e. The van der Waals surface area contributed by atoms with Crippen LogP contribution in [-0.4, -0.2) is 35.8 Å². The Labute approximate surface area is 108 Å². The molecule has 0 aromatic carbocycles. The summed E-state index contributed by atoms with van der Waals surface area (Å²) >= 11 is 0. The van der Waals surface area contributed by atoms with E-state index in [1.807, 2.05) is 0 Å². The van der Waals surface area contributed by atoms with Gasteiger partial charge in [-0.05, 0) is 31.7 Å². The van der Waals surface area contributed by atoms with Crippen LogP contribution in [0.25, 0.3) is 0 Å². The van der Waals surface area contributed by atoms with E-state index < -0.39 is 0 Å². The molecule has 18 heavy (non-hydrogen) atoms. The number of rotatable bonds is 2. The quantitative estimate of drug-likeness (QED) is 0.748. The van der Waals surface area contributed by atoms with Gasteiger partial charge in [0.05, 0.1) is 0 Å². The topological polar surface area (TPSA) is 49.4 Å². The van der Waals surface area contributed by atoms with Gasteiger partial charge in [0.25, 0.3) is 0 Å². The van der Waals surface area contributed by atoms with Crippen molar-refractivity contribution in [2.24, 2.45) is 17.3 Å². The number of hydrogen-bond acceptors (Lipinski definition) is 3. The lowest BCUT2D eigenvalue weighted by molar-refractivity contribution is -0.145. The molecule has 2 atom stereocenters. The molecule has 2 unspecified atom stereocenters. The molecule has 0 bridgehead atoms. The van der Waals surface area contributed by atoms with Crippen molar-refractivity contribution in [3.8, 4) is 0 Å². The number of hydrogen-bond donors (Lipinski definition) is 1. The zero-order valence-electron chi connectivity index (χ0n) is 11.2. The Bertz CT molecular complexity index is 389. The van der Waals surface area contributed by atoms with Crippen LogP contribution < -0.4 is 5.32 Å². The predicted molar refractivity (Wildman–Crippen MR) is 67.7 cm³/mol. The van der Waals surface area contributed by atoms with E-state index in [4.69, 9.17) is 0 Å². The molecule has 0 aromatic heterocycles. The highest BCUT2D eigenvalue weighted by Gasteiger charge is 2.54. The van der Waals surface area contributed by atoms with Gasteiger partial charge in [-0.15, -0.1) is 0 Å². The third-order valence-corrected chi connectivity index (χ3v) is 4.86. The normalized spacial score (nSPS) is 37.6. The molecule has 0 aromatic rings. The van der Waals surface area contributed by atoms with Crippen molar-refractivity contribution in [3.63, 3.8) is 0 Å². The van der Waals surface area contributed by atoms with Gasteiger partial charge in [0.1, 0.15) is 0 Å². The van der Waals surface area contributed by atoms with Crippen LogP contribution >= 0.6 is 0 Å². The first-order chi connectivity index (χ1) is 8.52. The predicted octanol–water partition coefficient (Wildman–Crippen LogP) is 1.16. The van der Waals surface area contributed by atoms with Gasteiger partial charge in [-0.2, -0.15) is 0 Å². The lowest BCUT2D eigenvalue weighted by Gasteiger charge is -2.41. The monoisotopic (exact) mass is 250 g/mol. The molecule has 2 saturated heterocycles. The van der Waals surface area contributed by atoms with Gasteiger partial charge in [0, 0.05) is 30.3 Å². The average molecular weight is 250 g/mol. The highest BCUT2D eigenvalue weighted by Crippen LogP contribution is 2.48. The number of likely N-dealkylation sites (tertiary alicyclic amines) is 1. The molecule has 2 heterocycles. The molecule has 1 aliphatic carbocycles. The van der Waals surface area contributed by atoms with Gasteiger partial charge < -0.3 is 0 Å². The zero-order chi connectivity index (χ0) is 12.9. The second-order valence-electron chi connectivity index (χ2n) is 6.62. The summed E-state index contributed by atoms with van der Waals surface area (Å²) in [5, 5.41) is 2.53. The summed E-state index contributed by atoms with van der Waals surface area (Å²) in [7, 11) is 0. The Morgan fingerprint density at radius 2 is 2.06 bits per heavy atom. The molecule has 1 saturated carbocycles. The van der Waals surface area contributed by atoms with Crippen molar-refractivity contribution in [2.75, 3.05) is 13.1 Å². The Balaban J connectivity index is 1.86. The molecular formula is C14H22N2O2. The highest BCUT2D eigenvalue weighted by molar-refractivity contribution is 6.00. The van der Waals surface area contributed by atoms with Crippen molar-refractivity contribution >= 4 is 11.8 Å². The van der Waals surface area contributed by atoms with Crippen LogP contribution in [0.4, 0.5) is 0 Å². The van der Waals surface area contributed by atoms with E-state index in [-0.39, 0.29) is 23.1 Å². The molecule has 3 rings (SSSR count). The second kappa shape index (κ2) is 4.05. The van der Waals surface area contributed by atoms with E-state index in [1.165, 1.54) is 12.8 Å². The summed E-state index contributed by atoms with van der Waals surface area (Å²) in [6.45, 7) is 6.21. The van der Waals surface area contributed by atoms with E-state index in [9.17, 15) is 9.59 Å². The fourth-order valence-electron chi connectivity index (χ4n) is 4.06. The minimum atomic E-state index is -0.0871. The van der Waals surface area contributed by atoms with Crippen molar-refractivity contribution in [3.05, 3.63) is 0 Å². The van der Waals surface area contributed by atoms with Crippen LogP contribution in [0.15, 0.2) is 0 Å². The van der Waals surface area contributed by atoms with Gasteiger partial charge in [-0.3, -0.25) is 19.8 Å². The minimum Gasteiger partial charge on any atom is -0.300 e. The molecule has 4 nitrogen and oxygen atoms in total. The second-order valence-corrected chi connectivity index (χ2v) is 6.62. The van der Waals surface area contributed by atoms with Crippen molar-refractivity contribution in [1.29, 1.82) is 0 Å². The van der Waals surface area contributed by atoms with Crippen LogP contribution in [0, 0.1) is 17.3 Å². The van der Waals surface area contributed by atoms with E-state index in [2.05, 4.69) is 24.1 Å². The fraction of sp³-hybridized carbons (Fsp3) is 0.857. The van der Waals surface area contributed by atoms with Crippen molar-refractivity contribution in [1.82, 2.24) is 10.2 Å². The maximum Gasteiger partial charge on any atom is 0.230 e. The van der Waals surface area contributed by atoms with E-state index in [0.717, 1.165) is 25.6 Å². The first-order valence-corrected chi connectivity index (χ1v) is 7.09. The Morgan fingerprint density at radius 1 is 1.33 bits per heavy atom. The number of carbonyl (C=O) groups is 2. The zero-order valence-corrected chi connectivity index (χ0v) is 11.2. The first kappa shape index (κ1) is 12.2. The van der Waals surface area contributed by atoms with Crippen molar-refractivity contribution in [2.45, 2.75) is 45.6 Å². The third-order valence-electron chi connectivity index (χ3n) is 4.86. The summed E-state index contributed by atoms with van der Waals surface area (Å²) in [5.74, 6) is 0.185. The number of carbonyl (C=O) groups excluding carboxylic acids is 2. The number of nitrogens with one attached hydrogen (secondary N) is 1. The van der Waals surface area contributed by atoms with Crippen molar-refractivity contribution < 1.29 is 9.59 Å². The number of amides is 2. The van der Waals surface area contributed by atoms with Gasteiger partial charge in [-0.1, -0.05) is 13.8 Å². The maximum absolute atomic E-state index is 12.1. The summed E-state index contributed by atoms with van der Waals surface area (Å²) in [6, 6.07) is 0.734. The lowest BCUT2D eigenvalue weighted by atomic mass is 9.65. The molecule has 3 aliphatic rings. The van der Waals surface area contributed by atoms with Crippen LogP contribution in [0.5, 0.6) is 0 Å². The third kappa shape index (κ3) is 1.87. The molecule has 4 heteroatoms. The van der Waals surface area contributed by atoms with Gasteiger partial charge in [-0.25, -0.2) is 0 Å². The number of imide groups is 1. The Kier molecular flexibility index (Phi) is 2.73. The average Bonchev–Trinajstić information content (AvgIpc) is 3.01. The van der Waals surface area contributed by atoms with E-state index in [0.29, 0.717) is 12.3 Å². The molecule has 2 amide bonds. The lowest BCUT2D eigenvalue weighted by Crippen LogP contribution is -2.55. The number of nitrogens with zero attached hydrogens (tertiary/aromatic N) is 1.